The van der Waals surface area contributed by atoms with E-state index >= 15 is 0 Å². The minimum Gasteiger partial charge on any atom is -0.497 e. The van der Waals surface area contributed by atoms with Gasteiger partial charge in [-0.25, -0.2) is 0 Å². The van der Waals surface area contributed by atoms with E-state index in [0.29, 0.717) is 5.41 Å². The molecule has 1 saturated heterocycles. The van der Waals surface area contributed by atoms with Crippen LogP contribution in [0.15, 0.2) is 18.2 Å². The zero-order chi connectivity index (χ0) is 13.2. The van der Waals surface area contributed by atoms with Crippen LogP contribution in [-0.2, 0) is 0 Å². The lowest BCUT2D eigenvalue weighted by atomic mass is 9.82. The first-order valence-corrected chi connectivity index (χ1v) is 6.39. The molecule has 2 rings (SSSR count). The van der Waals surface area contributed by atoms with Crippen LogP contribution in [0.3, 0.4) is 0 Å². The van der Waals surface area contributed by atoms with Gasteiger partial charge in [-0.3, -0.25) is 0 Å². The van der Waals surface area contributed by atoms with Crippen molar-refractivity contribution in [2.45, 2.75) is 26.7 Å². The summed E-state index contributed by atoms with van der Waals surface area (Å²) in [5.41, 5.74) is 2.16. The van der Waals surface area contributed by atoms with Crippen molar-refractivity contribution in [1.29, 1.82) is 5.26 Å². The van der Waals surface area contributed by atoms with Crippen LogP contribution in [-0.4, -0.2) is 20.2 Å². The molecule has 1 aromatic rings. The number of nitriles is 1. The van der Waals surface area contributed by atoms with Gasteiger partial charge in [0.2, 0.25) is 0 Å². The number of hydrogen-bond acceptors (Lipinski definition) is 3. The van der Waals surface area contributed by atoms with Crippen LogP contribution in [0.1, 0.15) is 32.3 Å². The Bertz CT molecular complexity index is 464. The maximum atomic E-state index is 9.20. The van der Waals surface area contributed by atoms with Crippen LogP contribution in [0.2, 0.25) is 0 Å². The molecule has 0 aromatic heterocycles. The lowest BCUT2D eigenvalue weighted by Crippen LogP contribution is -2.37. The summed E-state index contributed by atoms with van der Waals surface area (Å²) in [6, 6.07) is 7.92. The summed E-state index contributed by atoms with van der Waals surface area (Å²) >= 11 is 0. The molecule has 0 spiro atoms. The molecule has 1 aliphatic rings. The number of hydrogen-bond donors (Lipinski definition) is 0. The van der Waals surface area contributed by atoms with Crippen LogP contribution in [0, 0.1) is 16.7 Å². The van der Waals surface area contributed by atoms with Crippen LogP contribution in [0.5, 0.6) is 5.75 Å². The largest absolute Gasteiger partial charge is 0.497 e. The molecule has 0 N–H and O–H groups in total. The van der Waals surface area contributed by atoms with E-state index in [-0.39, 0.29) is 0 Å². The normalized spacial score (nSPS) is 18.2. The summed E-state index contributed by atoms with van der Waals surface area (Å²) in [6.45, 7) is 6.63. The molecule has 3 heteroatoms. The van der Waals surface area contributed by atoms with E-state index in [1.54, 1.807) is 7.11 Å². The molecule has 18 heavy (non-hydrogen) atoms. The lowest BCUT2D eigenvalue weighted by Gasteiger charge is -2.38. The quantitative estimate of drug-likeness (QED) is 0.801. The van der Waals surface area contributed by atoms with Crippen LogP contribution in [0.25, 0.3) is 0 Å². The second-order valence-electron chi connectivity index (χ2n) is 5.65. The smallest absolute Gasteiger partial charge is 0.121 e. The highest BCUT2D eigenvalue weighted by Crippen LogP contribution is 2.34. The molecule has 1 aliphatic heterocycles. The van der Waals surface area contributed by atoms with Gasteiger partial charge in [0, 0.05) is 19.2 Å². The minimum absolute atomic E-state index is 0.419. The summed E-state index contributed by atoms with van der Waals surface area (Å²) < 4.78 is 5.25. The SMILES string of the molecule is COc1ccc(C#N)c(N2CCC(C)(C)CC2)c1. The fraction of sp³-hybridized carbons (Fsp3) is 0.533. The number of piperidine rings is 1. The highest BCUT2D eigenvalue weighted by atomic mass is 16.5. The first-order valence-electron chi connectivity index (χ1n) is 6.39. The number of nitrogens with zero attached hydrogens (tertiary/aromatic N) is 2. The molecule has 0 saturated carbocycles. The number of ether oxygens (including phenoxy) is 1. The molecule has 1 heterocycles. The molecular weight excluding hydrogens is 224 g/mol. The van der Waals surface area contributed by atoms with Gasteiger partial charge in [-0.1, -0.05) is 13.8 Å². The van der Waals surface area contributed by atoms with Crippen molar-refractivity contribution in [1.82, 2.24) is 0 Å². The maximum Gasteiger partial charge on any atom is 0.121 e. The molecule has 0 bridgehead atoms. The Morgan fingerprint density at radius 1 is 1.28 bits per heavy atom. The molecule has 3 nitrogen and oxygen atoms in total. The third-order valence-corrected chi connectivity index (χ3v) is 3.78. The Morgan fingerprint density at radius 3 is 2.50 bits per heavy atom. The Labute approximate surface area is 109 Å². The zero-order valence-electron chi connectivity index (χ0n) is 11.4. The van der Waals surface area contributed by atoms with Gasteiger partial charge in [-0.05, 0) is 30.4 Å². The molecule has 1 fully saturated rings. The fourth-order valence-electron chi connectivity index (χ4n) is 2.35. The fourth-order valence-corrected chi connectivity index (χ4v) is 2.35. The highest BCUT2D eigenvalue weighted by Gasteiger charge is 2.26. The van der Waals surface area contributed by atoms with Crippen molar-refractivity contribution < 1.29 is 4.74 Å². The zero-order valence-corrected chi connectivity index (χ0v) is 11.4. The Hall–Kier alpha value is -1.69. The summed E-state index contributed by atoms with van der Waals surface area (Å²) in [5, 5.41) is 9.20. The van der Waals surface area contributed by atoms with Crippen molar-refractivity contribution >= 4 is 5.69 Å². The number of rotatable bonds is 2. The summed E-state index contributed by atoms with van der Waals surface area (Å²) in [7, 11) is 1.66. The summed E-state index contributed by atoms with van der Waals surface area (Å²) in [5.74, 6) is 0.814. The van der Waals surface area contributed by atoms with E-state index in [0.717, 1.165) is 42.9 Å². The maximum absolute atomic E-state index is 9.20. The third-order valence-electron chi connectivity index (χ3n) is 3.78. The van der Waals surface area contributed by atoms with E-state index in [9.17, 15) is 5.26 Å². The average Bonchev–Trinajstić information content (AvgIpc) is 2.38. The van der Waals surface area contributed by atoms with Gasteiger partial charge in [0.1, 0.15) is 11.8 Å². The van der Waals surface area contributed by atoms with Crippen molar-refractivity contribution in [3.05, 3.63) is 23.8 Å². The molecule has 0 atom stereocenters. The van der Waals surface area contributed by atoms with Crippen molar-refractivity contribution in [3.8, 4) is 11.8 Å². The van der Waals surface area contributed by atoms with Gasteiger partial charge in [-0.2, -0.15) is 5.26 Å². The molecule has 0 radical (unpaired) electrons. The van der Waals surface area contributed by atoms with Gasteiger partial charge in [0.25, 0.3) is 0 Å². The molecule has 1 aromatic carbocycles. The van der Waals surface area contributed by atoms with Crippen molar-refractivity contribution in [3.63, 3.8) is 0 Å². The first-order chi connectivity index (χ1) is 8.55. The van der Waals surface area contributed by atoms with E-state index in [1.165, 1.54) is 0 Å². The predicted octanol–water partition coefficient (Wildman–Crippen LogP) is 3.19. The summed E-state index contributed by atoms with van der Waals surface area (Å²) in [6.07, 6.45) is 2.32. The molecular formula is C15H20N2O. The topological polar surface area (TPSA) is 36.3 Å². The van der Waals surface area contributed by atoms with Crippen molar-refractivity contribution in [2.24, 2.45) is 5.41 Å². The Balaban J connectivity index is 2.25. The van der Waals surface area contributed by atoms with Crippen LogP contribution >= 0.6 is 0 Å². The number of anilines is 1. The number of methoxy groups -OCH3 is 1. The summed E-state index contributed by atoms with van der Waals surface area (Å²) in [4.78, 5) is 2.30. The Morgan fingerprint density at radius 2 is 1.94 bits per heavy atom. The van der Waals surface area contributed by atoms with E-state index < -0.39 is 0 Å². The number of benzene rings is 1. The third kappa shape index (κ3) is 2.59. The molecule has 0 aliphatic carbocycles. The standard InChI is InChI=1S/C15H20N2O/c1-15(2)6-8-17(9-7-15)14-10-13(18-3)5-4-12(14)11-16/h4-5,10H,6-9H2,1-3H3. The minimum atomic E-state index is 0.419. The monoisotopic (exact) mass is 244 g/mol. The van der Waals surface area contributed by atoms with E-state index in [2.05, 4.69) is 24.8 Å². The van der Waals surface area contributed by atoms with Gasteiger partial charge >= 0.3 is 0 Å². The van der Waals surface area contributed by atoms with E-state index in [4.69, 9.17) is 4.74 Å². The van der Waals surface area contributed by atoms with Crippen LogP contribution < -0.4 is 9.64 Å². The predicted molar refractivity (Wildman–Crippen MR) is 72.9 cm³/mol. The van der Waals surface area contributed by atoms with Gasteiger partial charge < -0.3 is 9.64 Å². The van der Waals surface area contributed by atoms with Gasteiger partial charge in [0.15, 0.2) is 0 Å². The first kappa shape index (κ1) is 12.8. The molecule has 0 unspecified atom stereocenters. The van der Waals surface area contributed by atoms with Crippen molar-refractivity contribution in [2.75, 3.05) is 25.1 Å². The second kappa shape index (κ2) is 4.89. The molecule has 0 amide bonds. The second-order valence-corrected chi connectivity index (χ2v) is 5.65. The van der Waals surface area contributed by atoms with Crippen LogP contribution in [0.4, 0.5) is 5.69 Å². The highest BCUT2D eigenvalue weighted by molar-refractivity contribution is 5.62. The molecule has 96 valence electrons. The van der Waals surface area contributed by atoms with E-state index in [1.807, 2.05) is 18.2 Å². The average molecular weight is 244 g/mol. The van der Waals surface area contributed by atoms with Gasteiger partial charge in [0.05, 0.1) is 18.4 Å². The van der Waals surface area contributed by atoms with Gasteiger partial charge in [-0.15, -0.1) is 0 Å². The Kier molecular flexibility index (Phi) is 3.47. The lowest BCUT2D eigenvalue weighted by molar-refractivity contribution is 0.279.